The molecule has 2 bridgehead atoms. The zero-order valence-electron chi connectivity index (χ0n) is 26.5. The van der Waals surface area contributed by atoms with E-state index in [9.17, 15) is 24.0 Å². The van der Waals surface area contributed by atoms with Crippen LogP contribution in [0.5, 0.6) is 11.5 Å². The summed E-state index contributed by atoms with van der Waals surface area (Å²) in [6.07, 6.45) is 1.43. The molecule has 2 unspecified atom stereocenters. The molecule has 0 N–H and O–H groups in total. The molecule has 242 valence electrons. The van der Waals surface area contributed by atoms with Crippen LogP contribution in [-0.2, 0) is 28.7 Å². The van der Waals surface area contributed by atoms with E-state index in [0.29, 0.717) is 43.1 Å². The third-order valence-corrected chi connectivity index (χ3v) is 11.5. The summed E-state index contributed by atoms with van der Waals surface area (Å²) in [4.78, 5) is 74.6. The number of ether oxygens (including phenoxy) is 3. The highest BCUT2D eigenvalue weighted by Crippen LogP contribution is 2.73. The number of amides is 4. The number of allylic oxidation sites excluding steroid dienone is 1. The molecule has 6 atom stereocenters. The van der Waals surface area contributed by atoms with Gasteiger partial charge in [0, 0.05) is 11.0 Å². The lowest BCUT2D eigenvalue weighted by Crippen LogP contribution is -2.67. The van der Waals surface area contributed by atoms with Gasteiger partial charge in [-0.15, -0.1) is 0 Å². The maximum atomic E-state index is 14.7. The largest absolute Gasteiger partial charge is 0.491 e. The Balaban J connectivity index is 1.55. The lowest BCUT2D eigenvalue weighted by atomic mass is 9.43. The number of alkyl halides is 1. The van der Waals surface area contributed by atoms with Crippen molar-refractivity contribution in [3.8, 4) is 11.5 Å². The number of para-hydroxylation sites is 4. The van der Waals surface area contributed by atoms with Crippen molar-refractivity contribution in [1.29, 1.82) is 0 Å². The summed E-state index contributed by atoms with van der Waals surface area (Å²) < 4.78 is 15.8. The normalized spacial score (nSPS) is 29.8. The molecule has 2 saturated heterocycles. The van der Waals surface area contributed by atoms with Crippen LogP contribution in [-0.4, -0.2) is 53.7 Å². The van der Waals surface area contributed by atoms with Crippen molar-refractivity contribution in [3.05, 3.63) is 59.7 Å². The number of carbonyl (C=O) groups is 5. The number of carbonyl (C=O) groups excluding carboxylic acids is 5. The zero-order valence-corrected chi connectivity index (χ0v) is 28.1. The second-order valence-electron chi connectivity index (χ2n) is 12.3. The van der Waals surface area contributed by atoms with Crippen LogP contribution < -0.4 is 19.3 Å². The van der Waals surface area contributed by atoms with Crippen molar-refractivity contribution in [2.24, 2.45) is 29.1 Å². The smallest absolute Gasteiger partial charge is 0.334 e. The second-order valence-corrected chi connectivity index (χ2v) is 13.7. The molecule has 5 aliphatic rings. The van der Waals surface area contributed by atoms with Gasteiger partial charge in [0.15, 0.2) is 0 Å². The molecule has 2 aromatic carbocycles. The number of nitrogens with zero attached hydrogens (tertiary/aromatic N) is 2. The van der Waals surface area contributed by atoms with E-state index in [0.717, 1.165) is 9.80 Å². The van der Waals surface area contributed by atoms with Gasteiger partial charge < -0.3 is 14.2 Å². The fourth-order valence-corrected chi connectivity index (χ4v) is 9.28. The lowest BCUT2D eigenvalue weighted by molar-refractivity contribution is -0.152. The summed E-state index contributed by atoms with van der Waals surface area (Å²) in [6.45, 7) is 9.73. The molecule has 3 fully saturated rings. The Morgan fingerprint density at radius 3 is 1.57 bits per heavy atom. The molecule has 0 aromatic heterocycles. The Morgan fingerprint density at radius 1 is 0.739 bits per heavy atom. The highest BCUT2D eigenvalue weighted by atomic mass is 79.9. The van der Waals surface area contributed by atoms with Crippen LogP contribution in [0.3, 0.4) is 0 Å². The summed E-state index contributed by atoms with van der Waals surface area (Å²) in [7, 11) is 0. The van der Waals surface area contributed by atoms with Crippen LogP contribution >= 0.6 is 15.9 Å². The number of rotatable bonds is 10. The fraction of sp³-hybridized carbons (Fsp3) is 0.457. The molecule has 0 spiro atoms. The predicted octanol–water partition coefficient (Wildman–Crippen LogP) is 5.22. The first kappa shape index (κ1) is 32.0. The van der Waals surface area contributed by atoms with E-state index in [1.165, 1.54) is 0 Å². The second kappa shape index (κ2) is 11.7. The quantitative estimate of drug-likeness (QED) is 0.189. The maximum absolute atomic E-state index is 14.7. The number of halogens is 1. The van der Waals surface area contributed by atoms with Crippen LogP contribution in [0.25, 0.3) is 0 Å². The number of esters is 1. The van der Waals surface area contributed by atoms with Gasteiger partial charge in [0.05, 0.1) is 59.2 Å². The SMILES string of the molecule is CCCOc1ccccc1N1C(=O)[C@@H]2[C@@H](C1=O)C1(Br)C(C)=C(C(=O)OCC)C2(C)[C@H]2C(=O)N(c3ccccc3OCCC)C(=O)[C@@H]21. The Morgan fingerprint density at radius 2 is 1.15 bits per heavy atom. The van der Waals surface area contributed by atoms with Gasteiger partial charge in [0.25, 0.3) is 0 Å². The van der Waals surface area contributed by atoms with Gasteiger partial charge in [-0.25, -0.2) is 14.6 Å². The van der Waals surface area contributed by atoms with E-state index >= 15 is 0 Å². The summed E-state index contributed by atoms with van der Waals surface area (Å²) in [5, 5.41) is 0. The molecule has 46 heavy (non-hydrogen) atoms. The van der Waals surface area contributed by atoms with E-state index in [2.05, 4.69) is 15.9 Å². The average molecular weight is 694 g/mol. The molecular weight excluding hydrogens is 656 g/mol. The first-order valence-electron chi connectivity index (χ1n) is 15.8. The molecule has 1 saturated carbocycles. The average Bonchev–Trinajstić information content (AvgIpc) is 3.47. The molecule has 10 nitrogen and oxygen atoms in total. The standard InChI is InChI=1S/C35H37BrN2O8/c1-6-17-45-22-15-11-9-13-20(22)37-29(39)25-27(31(37)41)35(36)19(4)24(33(43)44-8-3)34(25,5)26-28(35)32(42)38(30(26)40)21-14-10-12-16-23(21)46-18-7-2/h9-16,25-28H,6-8,17-18H2,1-5H3/t25-,26+,27-,28+,34?,35?. The molecule has 3 aliphatic carbocycles. The zero-order chi connectivity index (χ0) is 33.1. The van der Waals surface area contributed by atoms with E-state index in [1.807, 2.05) is 13.8 Å². The third-order valence-electron chi connectivity index (χ3n) is 9.91. The van der Waals surface area contributed by atoms with Gasteiger partial charge in [-0.3, -0.25) is 19.2 Å². The van der Waals surface area contributed by atoms with Gasteiger partial charge >= 0.3 is 5.97 Å². The van der Waals surface area contributed by atoms with Crippen LogP contribution in [0.4, 0.5) is 11.4 Å². The summed E-state index contributed by atoms with van der Waals surface area (Å²) >= 11 is 3.83. The first-order valence-corrected chi connectivity index (χ1v) is 16.6. The molecule has 2 aliphatic heterocycles. The minimum atomic E-state index is -1.55. The summed E-state index contributed by atoms with van der Waals surface area (Å²) in [5.74, 6) is -6.62. The first-order chi connectivity index (χ1) is 22.0. The van der Waals surface area contributed by atoms with E-state index in [-0.39, 0.29) is 23.6 Å². The molecule has 2 aromatic rings. The number of imide groups is 2. The minimum absolute atomic E-state index is 0.0610. The van der Waals surface area contributed by atoms with Crippen molar-refractivity contribution < 1.29 is 38.2 Å². The Hall–Kier alpha value is -3.99. The Labute approximate surface area is 276 Å². The topological polar surface area (TPSA) is 120 Å². The van der Waals surface area contributed by atoms with Crippen LogP contribution in [0, 0.1) is 29.1 Å². The number of hydrogen-bond donors (Lipinski definition) is 0. The summed E-state index contributed by atoms with van der Waals surface area (Å²) in [6, 6.07) is 13.6. The molecular formula is C35H37BrN2O8. The number of hydrogen-bond acceptors (Lipinski definition) is 8. The molecule has 11 heteroatoms. The van der Waals surface area contributed by atoms with Gasteiger partial charge in [-0.2, -0.15) is 0 Å². The number of anilines is 2. The fourth-order valence-electron chi connectivity index (χ4n) is 8.16. The van der Waals surface area contributed by atoms with Gasteiger partial charge in [-0.1, -0.05) is 61.0 Å². The van der Waals surface area contributed by atoms with Crippen LogP contribution in [0.2, 0.25) is 0 Å². The highest BCUT2D eigenvalue weighted by molar-refractivity contribution is 9.10. The van der Waals surface area contributed by atoms with Crippen molar-refractivity contribution >= 4 is 56.9 Å². The molecule has 0 radical (unpaired) electrons. The molecule has 2 heterocycles. The number of benzene rings is 2. The van der Waals surface area contributed by atoms with E-state index in [1.54, 1.807) is 69.3 Å². The van der Waals surface area contributed by atoms with E-state index < -0.39 is 63.0 Å². The van der Waals surface area contributed by atoms with Gasteiger partial charge in [0.1, 0.15) is 11.5 Å². The van der Waals surface area contributed by atoms with Gasteiger partial charge in [0.2, 0.25) is 23.6 Å². The third kappa shape index (κ3) is 4.16. The minimum Gasteiger partial charge on any atom is -0.491 e. The van der Waals surface area contributed by atoms with Gasteiger partial charge in [-0.05, 0) is 56.5 Å². The van der Waals surface area contributed by atoms with Crippen LogP contribution in [0.15, 0.2) is 59.7 Å². The Bertz CT molecular complexity index is 1590. The molecule has 4 amide bonds. The predicted molar refractivity (Wildman–Crippen MR) is 172 cm³/mol. The highest BCUT2D eigenvalue weighted by Gasteiger charge is 2.82. The Kier molecular flexibility index (Phi) is 8.11. The molecule has 7 rings (SSSR count). The van der Waals surface area contributed by atoms with Crippen molar-refractivity contribution in [1.82, 2.24) is 0 Å². The summed E-state index contributed by atoms with van der Waals surface area (Å²) in [5.41, 5.74) is -0.441. The van der Waals surface area contributed by atoms with Crippen LogP contribution in [0.1, 0.15) is 47.5 Å². The van der Waals surface area contributed by atoms with Crippen molar-refractivity contribution in [2.45, 2.75) is 51.8 Å². The van der Waals surface area contributed by atoms with E-state index in [4.69, 9.17) is 14.2 Å². The van der Waals surface area contributed by atoms with Crippen molar-refractivity contribution in [2.75, 3.05) is 29.6 Å². The van der Waals surface area contributed by atoms with Crippen molar-refractivity contribution in [3.63, 3.8) is 0 Å². The lowest BCUT2D eigenvalue weighted by Gasteiger charge is -2.59. The maximum Gasteiger partial charge on any atom is 0.334 e. The monoisotopic (exact) mass is 692 g/mol.